The van der Waals surface area contributed by atoms with Gasteiger partial charge in [-0.05, 0) is 67.7 Å². The fourth-order valence-corrected chi connectivity index (χ4v) is 8.16. The first-order valence-corrected chi connectivity index (χ1v) is 24.9. The molecule has 1 aromatic heterocycles. The predicted molar refractivity (Wildman–Crippen MR) is 255 cm³/mol. The Kier molecular flexibility index (Phi) is 28.8. The summed E-state index contributed by atoms with van der Waals surface area (Å²) in [7, 11) is -2.80. The number of benzene rings is 2. The van der Waals surface area contributed by atoms with Crippen molar-refractivity contribution in [1.82, 2.24) is 19.6 Å². The second kappa shape index (κ2) is 31.4. The minimum atomic E-state index is -4.10. The first-order valence-electron chi connectivity index (χ1n) is 19.5. The van der Waals surface area contributed by atoms with Crippen LogP contribution in [0, 0.1) is 12.7 Å². The van der Waals surface area contributed by atoms with Crippen molar-refractivity contribution in [3.8, 4) is 0 Å². The van der Waals surface area contributed by atoms with Gasteiger partial charge in [-0.15, -0.1) is 36.5 Å². The number of esters is 1. The lowest BCUT2D eigenvalue weighted by atomic mass is 10.0. The zero-order chi connectivity index (χ0) is 49.3. The van der Waals surface area contributed by atoms with Crippen LogP contribution in [0.5, 0.6) is 0 Å². The van der Waals surface area contributed by atoms with Gasteiger partial charge in [-0.2, -0.15) is 0 Å². The highest BCUT2D eigenvalue weighted by molar-refractivity contribution is 8.00. The molecule has 17 nitrogen and oxygen atoms in total. The Bertz CT molecular complexity index is 2230. The maximum Gasteiger partial charge on any atom is 0.339 e. The molecular weight excluding hydrogens is 996 g/mol. The number of methoxy groups -OCH3 is 1. The maximum absolute atomic E-state index is 14.3. The molecule has 0 unspecified atom stereocenters. The van der Waals surface area contributed by atoms with E-state index in [0.717, 1.165) is 65.2 Å². The largest absolute Gasteiger partial charge is 0.480 e. The molecule has 0 radical (unpaired) electrons. The van der Waals surface area contributed by atoms with Crippen LogP contribution in [0.4, 0.5) is 15.8 Å². The number of anilines is 1. The second-order valence-electron chi connectivity index (χ2n) is 13.1. The molecule has 1 aliphatic heterocycles. The molecule has 0 saturated carbocycles. The van der Waals surface area contributed by atoms with Gasteiger partial charge in [0.2, 0.25) is 10.7 Å². The first kappa shape index (κ1) is 59.5. The van der Waals surface area contributed by atoms with Gasteiger partial charge >= 0.3 is 24.4 Å². The van der Waals surface area contributed by atoms with E-state index in [-0.39, 0.29) is 45.8 Å². The zero-order valence-corrected chi connectivity index (χ0v) is 41.8. The standard InChI is InChI=1S/C15H15ClFN3O3S2.C14H20ClNO2.C8H11Cl2NO.C3H8NO5P/c1-23-13(21)8-24-12-7-11(10(17)6-9(12)16)18-14-19-4-2-3-5-20(19)15(22)25-14;1-4-12-8-6-7-11(3)14(12)16(10-18-5-2)13(17)9-15;1-3-5-11(6-4-2)8(12)7(9)10;5-3(6)1-4-2-10(7,8)9/h6-7H,2-5,8H2,1H3;6-8H,4-5,9-10H2,1-3H3;3-4,7H,1-2,5-6H2;4H,1-2H2,(H,5,6)(H2,7,8,9). The maximum atomic E-state index is 14.3. The van der Waals surface area contributed by atoms with Crippen LogP contribution in [0.15, 0.2) is 70.3 Å². The molecule has 0 spiro atoms. The number of alkyl halides is 3. The van der Waals surface area contributed by atoms with Crippen molar-refractivity contribution in [2.24, 2.45) is 4.99 Å². The van der Waals surface area contributed by atoms with Crippen LogP contribution < -0.4 is 19.9 Å². The number of carbonyl (C=O) groups excluding carboxylic acids is 3. The number of fused-ring (bicyclic) bond motifs is 1. The number of thioether (sulfide) groups is 1. The Morgan fingerprint density at radius 3 is 2.26 bits per heavy atom. The summed E-state index contributed by atoms with van der Waals surface area (Å²) in [4.78, 5) is 79.9. The number of carboxylic acids is 1. The van der Waals surface area contributed by atoms with Crippen molar-refractivity contribution in [2.45, 2.75) is 62.9 Å². The van der Waals surface area contributed by atoms with Crippen LogP contribution in [-0.4, -0.2) is 116 Å². The SMILES string of the molecule is C=CCN(CC=C)C(=O)C(Cl)Cl.CCOCN(C(=O)CCl)c1c(C)cccc1CC.COC(=O)CSc1cc(N=c2sc(=O)n3n2CCCC3)c(F)cc1Cl.O=C(O)CNCP(=O)(O)O. The van der Waals surface area contributed by atoms with E-state index in [1.54, 1.807) is 26.4 Å². The van der Waals surface area contributed by atoms with Crippen LogP contribution in [-0.2, 0) is 52.7 Å². The highest BCUT2D eigenvalue weighted by Crippen LogP contribution is 2.34. The molecule has 4 rings (SSSR count). The number of rotatable bonds is 19. The second-order valence-corrected chi connectivity index (χ2v) is 18.4. The molecular formula is C40H54Cl4FN6O11PS2. The predicted octanol–water partition coefficient (Wildman–Crippen LogP) is 6.70. The third kappa shape index (κ3) is 21.8. The highest BCUT2D eigenvalue weighted by Gasteiger charge is 2.20. The molecule has 2 amide bonds. The Morgan fingerprint density at radius 1 is 1.11 bits per heavy atom. The summed E-state index contributed by atoms with van der Waals surface area (Å²) >= 11 is 24.6. The van der Waals surface area contributed by atoms with E-state index < -0.39 is 43.0 Å². The Labute approximate surface area is 404 Å². The molecule has 4 N–H and O–H groups in total. The fourth-order valence-electron chi connectivity index (χ4n) is 5.35. The minimum Gasteiger partial charge on any atom is -0.480 e. The zero-order valence-electron chi connectivity index (χ0n) is 36.2. The van der Waals surface area contributed by atoms with E-state index in [4.69, 9.17) is 66.0 Å². The summed E-state index contributed by atoms with van der Waals surface area (Å²) < 4.78 is 37.7. The number of hydrogen-bond acceptors (Lipinski definition) is 12. The topological polar surface area (TPSA) is 222 Å². The van der Waals surface area contributed by atoms with Crippen LogP contribution in [0.2, 0.25) is 5.02 Å². The average molecular weight is 1050 g/mol. The van der Waals surface area contributed by atoms with Crippen molar-refractivity contribution in [1.29, 1.82) is 0 Å². The minimum absolute atomic E-state index is 0.0371. The van der Waals surface area contributed by atoms with Crippen molar-refractivity contribution in [2.75, 3.05) is 62.9 Å². The molecule has 65 heavy (non-hydrogen) atoms. The van der Waals surface area contributed by atoms with Crippen molar-refractivity contribution >= 4 is 112 Å². The monoisotopic (exact) mass is 1050 g/mol. The number of hydrogen-bond donors (Lipinski definition) is 4. The number of aryl methyl sites for hydroxylation is 2. The quantitative estimate of drug-likeness (QED) is 0.0245. The number of aliphatic carboxylic acids is 1. The molecule has 2 heterocycles. The lowest BCUT2D eigenvalue weighted by molar-refractivity contribution is -0.137. The van der Waals surface area contributed by atoms with E-state index in [0.29, 0.717) is 42.5 Å². The van der Waals surface area contributed by atoms with E-state index in [1.807, 2.05) is 32.0 Å². The van der Waals surface area contributed by atoms with E-state index >= 15 is 0 Å². The average Bonchev–Trinajstić information content (AvgIpc) is 3.58. The Morgan fingerprint density at radius 2 is 1.74 bits per heavy atom. The summed E-state index contributed by atoms with van der Waals surface area (Å²) in [5.74, 6) is -2.56. The smallest absolute Gasteiger partial charge is 0.339 e. The van der Waals surface area contributed by atoms with E-state index in [9.17, 15) is 32.9 Å². The van der Waals surface area contributed by atoms with Gasteiger partial charge in [0.25, 0.3) is 5.91 Å². The molecule has 362 valence electrons. The van der Waals surface area contributed by atoms with Gasteiger partial charge in [-0.3, -0.25) is 43.4 Å². The summed E-state index contributed by atoms with van der Waals surface area (Å²) in [5.41, 5.74) is 3.21. The number of halogens is 5. The lowest BCUT2D eigenvalue weighted by Gasteiger charge is -2.25. The van der Waals surface area contributed by atoms with Crippen molar-refractivity contribution < 1.29 is 52.5 Å². The number of carboxylic acid groups (broad SMARTS) is 1. The highest BCUT2D eigenvalue weighted by atomic mass is 35.5. The molecule has 0 aliphatic carbocycles. The molecule has 0 fully saturated rings. The van der Waals surface area contributed by atoms with Gasteiger partial charge in [0.05, 0.1) is 36.4 Å². The van der Waals surface area contributed by atoms with Crippen LogP contribution >= 0.6 is 77.1 Å². The molecule has 0 saturated heterocycles. The van der Waals surface area contributed by atoms with Gasteiger partial charge < -0.3 is 29.3 Å². The van der Waals surface area contributed by atoms with Crippen molar-refractivity contribution in [3.63, 3.8) is 0 Å². The molecule has 0 bridgehead atoms. The number of amides is 2. The summed E-state index contributed by atoms with van der Waals surface area (Å²) in [6.07, 6.45) is 5.38. The number of ether oxygens (including phenoxy) is 2. The third-order valence-corrected chi connectivity index (χ3v) is 11.8. The van der Waals surface area contributed by atoms with Gasteiger partial charge in [-0.1, -0.05) is 72.1 Å². The molecule has 1 aliphatic rings. The van der Waals surface area contributed by atoms with Gasteiger partial charge in [0, 0.05) is 37.7 Å². The number of nitrogens with one attached hydrogen (secondary N) is 1. The van der Waals surface area contributed by atoms with Gasteiger partial charge in [0.1, 0.15) is 24.1 Å². The number of para-hydroxylation sites is 1. The number of aromatic nitrogens is 2. The number of carbonyl (C=O) groups is 4. The molecule has 2 aromatic carbocycles. The summed E-state index contributed by atoms with van der Waals surface area (Å²) in [6, 6.07) is 8.67. The van der Waals surface area contributed by atoms with Crippen LogP contribution in [0.25, 0.3) is 0 Å². The van der Waals surface area contributed by atoms with Crippen molar-refractivity contribution in [3.05, 3.63) is 92.1 Å². The molecule has 0 atom stereocenters. The van der Waals surface area contributed by atoms with E-state index in [2.05, 4.69) is 35.1 Å². The van der Waals surface area contributed by atoms with Crippen LogP contribution in [0.3, 0.4) is 0 Å². The van der Waals surface area contributed by atoms with Gasteiger partial charge in [-0.25, -0.2) is 14.1 Å². The first-order chi connectivity index (χ1) is 30.7. The van der Waals surface area contributed by atoms with Crippen LogP contribution in [0.1, 0.15) is 37.8 Å². The summed E-state index contributed by atoms with van der Waals surface area (Å²) in [5, 5.41) is 10.3. The van der Waals surface area contributed by atoms with Gasteiger partial charge in [0.15, 0.2) is 4.84 Å². The summed E-state index contributed by atoms with van der Waals surface area (Å²) in [6.45, 7) is 15.6. The lowest BCUT2D eigenvalue weighted by Crippen LogP contribution is -2.35. The fraction of sp³-hybridized carbons (Fsp3) is 0.450. The normalized spacial score (nSPS) is 12.0. The van der Waals surface area contributed by atoms with E-state index in [1.165, 1.54) is 18.1 Å². The Hall–Kier alpha value is -3.53. The Balaban J connectivity index is 0.000000464. The molecule has 3 aromatic rings. The number of nitrogens with zero attached hydrogens (tertiary/aromatic N) is 5. The molecule has 25 heteroatoms. The third-order valence-electron chi connectivity index (χ3n) is 8.29.